The molecule has 0 fully saturated rings. The lowest BCUT2D eigenvalue weighted by Gasteiger charge is -2.19. The summed E-state index contributed by atoms with van der Waals surface area (Å²) < 4.78 is 11.7. The van der Waals surface area contributed by atoms with Crippen molar-refractivity contribution >= 4 is 56.4 Å². The Morgan fingerprint density at radius 3 is 2.63 bits per heavy atom. The maximum atomic E-state index is 12.7. The van der Waals surface area contributed by atoms with E-state index >= 15 is 0 Å². The van der Waals surface area contributed by atoms with Crippen LogP contribution in [0.2, 0.25) is 5.02 Å². The Kier molecular flexibility index (Phi) is 5.27. The number of rotatable bonds is 4. The normalized spacial score (nSPS) is 13.0. The molecule has 1 N–H and O–H groups in total. The molecule has 1 aromatic heterocycles. The highest BCUT2D eigenvalue weighted by Gasteiger charge is 2.24. The van der Waals surface area contributed by atoms with Crippen LogP contribution < -0.4 is 14.8 Å². The maximum absolute atomic E-state index is 12.7. The molecule has 2 aromatic carbocycles. The Labute approximate surface area is 179 Å². The number of amides is 1. The molecule has 1 aliphatic heterocycles. The smallest absolute Gasteiger partial charge is 0.296 e. The van der Waals surface area contributed by atoms with Gasteiger partial charge < -0.3 is 14.8 Å². The quantitative estimate of drug-likeness (QED) is 0.269. The van der Waals surface area contributed by atoms with E-state index in [9.17, 15) is 20.2 Å². The molecular weight excluding hydrogens is 430 g/mol. The molecule has 0 atom stereocenters. The van der Waals surface area contributed by atoms with Gasteiger partial charge in [0, 0.05) is 21.0 Å². The molecule has 0 radical (unpaired) electrons. The molecule has 0 bridgehead atoms. The molecule has 0 spiro atoms. The van der Waals surface area contributed by atoms with Gasteiger partial charge in [0.05, 0.1) is 16.0 Å². The molecule has 0 saturated carbocycles. The van der Waals surface area contributed by atoms with Crippen LogP contribution in [0.5, 0.6) is 11.5 Å². The zero-order valence-corrected chi connectivity index (χ0v) is 16.7. The summed E-state index contributed by atoms with van der Waals surface area (Å²) in [5.74, 6) is -0.304. The van der Waals surface area contributed by atoms with Crippen LogP contribution in [0.1, 0.15) is 4.88 Å². The van der Waals surface area contributed by atoms with Crippen molar-refractivity contribution in [3.8, 4) is 17.6 Å². The van der Waals surface area contributed by atoms with Gasteiger partial charge in [0.2, 0.25) is 0 Å². The Balaban J connectivity index is 1.68. The molecular formula is C20H12ClN3O5S. The number of nitrogens with one attached hydrogen (secondary N) is 1. The number of nitro groups is 1. The first kappa shape index (κ1) is 19.7. The van der Waals surface area contributed by atoms with E-state index in [1.54, 1.807) is 0 Å². The van der Waals surface area contributed by atoms with Gasteiger partial charge in [0.1, 0.15) is 30.5 Å². The molecule has 150 valence electrons. The van der Waals surface area contributed by atoms with E-state index in [1.807, 2.05) is 30.3 Å². The molecule has 0 saturated heterocycles. The van der Waals surface area contributed by atoms with Gasteiger partial charge in [-0.05, 0) is 12.1 Å². The first-order valence-corrected chi connectivity index (χ1v) is 9.85. The number of hydrogen-bond acceptors (Lipinski definition) is 7. The number of nitriles is 1. The van der Waals surface area contributed by atoms with E-state index in [4.69, 9.17) is 21.1 Å². The summed E-state index contributed by atoms with van der Waals surface area (Å²) in [5.41, 5.74) is -0.713. The first-order valence-electron chi connectivity index (χ1n) is 8.66. The third-order valence-corrected chi connectivity index (χ3v) is 5.94. The summed E-state index contributed by atoms with van der Waals surface area (Å²) in [7, 11) is 0. The Morgan fingerprint density at radius 2 is 1.97 bits per heavy atom. The zero-order valence-electron chi connectivity index (χ0n) is 15.2. The van der Waals surface area contributed by atoms with E-state index in [2.05, 4.69) is 5.32 Å². The maximum Gasteiger partial charge on any atom is 0.296 e. The van der Waals surface area contributed by atoms with Gasteiger partial charge in [-0.3, -0.25) is 14.9 Å². The molecule has 4 rings (SSSR count). The predicted octanol–water partition coefficient (Wildman–Crippen LogP) is 4.78. The van der Waals surface area contributed by atoms with Crippen LogP contribution in [0, 0.1) is 21.4 Å². The number of nitrogens with zero attached hydrogens (tertiary/aromatic N) is 2. The zero-order chi connectivity index (χ0) is 21.3. The second-order valence-corrected chi connectivity index (χ2v) is 7.63. The monoisotopic (exact) mass is 441 g/mol. The Bertz CT molecular complexity index is 1260. The lowest BCUT2D eigenvalue weighted by molar-refractivity contribution is -0.384. The minimum absolute atomic E-state index is 0.0992. The SMILES string of the molecule is N#CC(=Cc1sc2ccccc2c1Cl)C(=O)Nc1cc2c(cc1[N+](=O)[O-])OCCO2. The minimum Gasteiger partial charge on any atom is -0.486 e. The molecule has 30 heavy (non-hydrogen) atoms. The number of anilines is 1. The van der Waals surface area contributed by atoms with Gasteiger partial charge in [0.15, 0.2) is 11.5 Å². The van der Waals surface area contributed by atoms with Gasteiger partial charge in [-0.25, -0.2) is 0 Å². The standard InChI is InChI=1S/C20H12ClN3O5S/c21-19-12-3-1-2-4-17(12)30-18(19)7-11(10-22)20(25)23-13-8-15-16(29-6-5-28-15)9-14(13)24(26)27/h1-4,7-9H,5-6H2,(H,23,25). The van der Waals surface area contributed by atoms with E-state index in [0.717, 1.165) is 10.1 Å². The molecule has 1 amide bonds. The van der Waals surface area contributed by atoms with Crippen molar-refractivity contribution in [2.24, 2.45) is 0 Å². The minimum atomic E-state index is -0.800. The molecule has 0 aliphatic carbocycles. The number of hydrogen-bond donors (Lipinski definition) is 1. The topological polar surface area (TPSA) is 114 Å². The van der Waals surface area contributed by atoms with Crippen LogP contribution in [-0.4, -0.2) is 24.0 Å². The summed E-state index contributed by atoms with van der Waals surface area (Å²) in [5, 5.41) is 24.6. The van der Waals surface area contributed by atoms with Crippen molar-refractivity contribution in [3.63, 3.8) is 0 Å². The molecule has 0 unspecified atom stereocenters. The molecule has 3 aromatic rings. The number of halogens is 1. The van der Waals surface area contributed by atoms with Gasteiger partial charge in [-0.2, -0.15) is 5.26 Å². The van der Waals surface area contributed by atoms with Crippen molar-refractivity contribution in [1.82, 2.24) is 0 Å². The highest BCUT2D eigenvalue weighted by molar-refractivity contribution is 7.20. The fraction of sp³-hybridized carbons (Fsp3) is 0.100. The van der Waals surface area contributed by atoms with Crippen molar-refractivity contribution in [3.05, 3.63) is 62.0 Å². The molecule has 1 aliphatic rings. The lowest BCUT2D eigenvalue weighted by Crippen LogP contribution is -2.18. The van der Waals surface area contributed by atoms with Gasteiger partial charge in [0.25, 0.3) is 11.6 Å². The largest absolute Gasteiger partial charge is 0.486 e. The number of ether oxygens (including phenoxy) is 2. The second kappa shape index (κ2) is 8.02. The van der Waals surface area contributed by atoms with Crippen LogP contribution in [0.3, 0.4) is 0 Å². The van der Waals surface area contributed by atoms with E-state index in [0.29, 0.717) is 9.90 Å². The van der Waals surface area contributed by atoms with Crippen molar-refractivity contribution in [1.29, 1.82) is 5.26 Å². The number of thiophene rings is 1. The highest BCUT2D eigenvalue weighted by atomic mass is 35.5. The summed E-state index contributed by atoms with van der Waals surface area (Å²) in [6.45, 7) is 0.555. The Hall–Kier alpha value is -3.61. The van der Waals surface area contributed by atoms with Gasteiger partial charge in [-0.15, -0.1) is 11.3 Å². The summed E-state index contributed by atoms with van der Waals surface area (Å²) in [6, 6.07) is 11.7. The van der Waals surface area contributed by atoms with Crippen molar-refractivity contribution < 1.29 is 19.2 Å². The van der Waals surface area contributed by atoms with Crippen LogP contribution in [0.4, 0.5) is 11.4 Å². The van der Waals surface area contributed by atoms with Crippen LogP contribution in [0.25, 0.3) is 16.2 Å². The third kappa shape index (κ3) is 3.66. The number of carbonyl (C=O) groups excluding carboxylic acids is 1. The fourth-order valence-corrected chi connectivity index (χ4v) is 4.36. The molecule has 2 heterocycles. The molecule has 8 nitrogen and oxygen atoms in total. The average Bonchev–Trinajstić information content (AvgIpc) is 3.06. The lowest BCUT2D eigenvalue weighted by atomic mass is 10.2. The fourth-order valence-electron chi connectivity index (χ4n) is 2.92. The van der Waals surface area contributed by atoms with Crippen molar-refractivity contribution in [2.45, 2.75) is 0 Å². The highest BCUT2D eigenvalue weighted by Crippen LogP contribution is 2.40. The van der Waals surface area contributed by atoms with Crippen LogP contribution >= 0.6 is 22.9 Å². The third-order valence-electron chi connectivity index (χ3n) is 4.31. The number of nitro benzene ring substituents is 1. The average molecular weight is 442 g/mol. The Morgan fingerprint density at radius 1 is 1.27 bits per heavy atom. The van der Waals surface area contributed by atoms with Gasteiger partial charge >= 0.3 is 0 Å². The second-order valence-electron chi connectivity index (χ2n) is 6.17. The van der Waals surface area contributed by atoms with Crippen LogP contribution in [-0.2, 0) is 4.79 Å². The summed E-state index contributed by atoms with van der Waals surface area (Å²) >= 11 is 7.71. The summed E-state index contributed by atoms with van der Waals surface area (Å²) in [4.78, 5) is 24.0. The van der Waals surface area contributed by atoms with Gasteiger partial charge in [-0.1, -0.05) is 29.8 Å². The van der Waals surface area contributed by atoms with Crippen molar-refractivity contribution in [2.75, 3.05) is 18.5 Å². The first-order chi connectivity index (χ1) is 14.5. The van der Waals surface area contributed by atoms with E-state index in [-0.39, 0.29) is 41.7 Å². The van der Waals surface area contributed by atoms with Crippen LogP contribution in [0.15, 0.2) is 42.0 Å². The number of carbonyl (C=O) groups is 1. The summed E-state index contributed by atoms with van der Waals surface area (Å²) in [6.07, 6.45) is 1.37. The van der Waals surface area contributed by atoms with E-state index in [1.165, 1.54) is 29.5 Å². The predicted molar refractivity (Wildman–Crippen MR) is 113 cm³/mol. The van der Waals surface area contributed by atoms with E-state index < -0.39 is 10.8 Å². The molecule has 10 heteroatoms. The number of fused-ring (bicyclic) bond motifs is 2. The number of benzene rings is 2.